The molecule has 0 radical (unpaired) electrons. The van der Waals surface area contributed by atoms with Gasteiger partial charge in [0.15, 0.2) is 0 Å². The van der Waals surface area contributed by atoms with Gasteiger partial charge in [-0.15, -0.1) is 0 Å². The zero-order valence-electron chi connectivity index (χ0n) is 18.8. The lowest BCUT2D eigenvalue weighted by Gasteiger charge is -2.19. The first-order valence-corrected chi connectivity index (χ1v) is 10.5. The number of benzene rings is 1. The number of carbonyl (C=O) groups is 2. The molecule has 2 aromatic heterocycles. The molecular weight excluding hydrogens is 408 g/mol. The van der Waals surface area contributed by atoms with Crippen LogP contribution in [0.3, 0.4) is 0 Å². The van der Waals surface area contributed by atoms with E-state index in [2.05, 4.69) is 15.3 Å². The number of pyridine rings is 1. The molecule has 0 bridgehead atoms. The molecule has 1 aliphatic carbocycles. The highest BCUT2D eigenvalue weighted by Gasteiger charge is 2.43. The van der Waals surface area contributed by atoms with Crippen LogP contribution in [0.25, 0.3) is 10.9 Å². The monoisotopic (exact) mass is 434 g/mol. The molecule has 2 atom stereocenters. The molecule has 0 spiro atoms. The highest BCUT2D eigenvalue weighted by atomic mass is 16.6. The van der Waals surface area contributed by atoms with E-state index in [0.717, 1.165) is 23.6 Å². The van der Waals surface area contributed by atoms with Gasteiger partial charge in [-0.25, -0.2) is 19.6 Å². The minimum absolute atomic E-state index is 0.118. The van der Waals surface area contributed by atoms with Crippen LogP contribution in [-0.4, -0.2) is 39.7 Å². The van der Waals surface area contributed by atoms with E-state index < -0.39 is 17.7 Å². The van der Waals surface area contributed by atoms with Crippen LogP contribution < -0.4 is 5.32 Å². The van der Waals surface area contributed by atoms with E-state index in [1.807, 2.05) is 13.0 Å². The van der Waals surface area contributed by atoms with E-state index in [4.69, 9.17) is 14.5 Å². The summed E-state index contributed by atoms with van der Waals surface area (Å²) in [6, 6.07) is 8.84. The molecular formula is C24H26N4O4. The zero-order chi connectivity index (χ0) is 23.0. The lowest BCUT2D eigenvalue weighted by molar-refractivity contribution is 0.0599. The second-order valence-electron chi connectivity index (χ2n) is 8.95. The average Bonchev–Trinajstić information content (AvgIpc) is 3.51. The Labute approximate surface area is 186 Å². The van der Waals surface area contributed by atoms with Gasteiger partial charge < -0.3 is 9.47 Å². The third-order valence-electron chi connectivity index (χ3n) is 5.20. The summed E-state index contributed by atoms with van der Waals surface area (Å²) < 4.78 is 10.3. The van der Waals surface area contributed by atoms with Crippen LogP contribution in [0.1, 0.15) is 66.6 Å². The van der Waals surface area contributed by atoms with Crippen molar-refractivity contribution in [3.63, 3.8) is 0 Å². The molecule has 4 rings (SSSR count). The van der Waals surface area contributed by atoms with Gasteiger partial charge in [-0.2, -0.15) is 0 Å². The maximum absolute atomic E-state index is 12.5. The van der Waals surface area contributed by atoms with Gasteiger partial charge >= 0.3 is 12.1 Å². The van der Waals surface area contributed by atoms with Crippen molar-refractivity contribution in [2.24, 2.45) is 0 Å². The summed E-state index contributed by atoms with van der Waals surface area (Å²) in [5, 5.41) is 3.37. The summed E-state index contributed by atoms with van der Waals surface area (Å²) in [5.41, 5.74) is 2.65. The summed E-state index contributed by atoms with van der Waals surface area (Å²) in [6.07, 6.45) is 2.06. The fourth-order valence-corrected chi connectivity index (χ4v) is 3.67. The SMILES string of the molecule is COC(=O)c1cc([C@H]2C[C@@H]2c2nccc(C)n2)nc2cc(NC(=O)OC(C)(C)C)ccc12. The number of aromatic nitrogens is 3. The molecule has 1 aliphatic rings. The minimum Gasteiger partial charge on any atom is -0.465 e. The molecule has 32 heavy (non-hydrogen) atoms. The maximum Gasteiger partial charge on any atom is 0.412 e. The highest BCUT2D eigenvalue weighted by molar-refractivity contribution is 6.04. The second kappa shape index (κ2) is 8.18. The van der Waals surface area contributed by atoms with E-state index in [-0.39, 0.29) is 11.8 Å². The Morgan fingerprint density at radius 3 is 2.56 bits per heavy atom. The number of esters is 1. The van der Waals surface area contributed by atoms with E-state index in [1.165, 1.54) is 7.11 Å². The number of carbonyl (C=O) groups excluding carboxylic acids is 2. The summed E-state index contributed by atoms with van der Waals surface area (Å²) in [7, 11) is 1.35. The van der Waals surface area contributed by atoms with Crippen LogP contribution >= 0.6 is 0 Å². The number of fused-ring (bicyclic) bond motifs is 1. The van der Waals surface area contributed by atoms with Crippen molar-refractivity contribution < 1.29 is 19.1 Å². The Morgan fingerprint density at radius 2 is 1.88 bits per heavy atom. The highest BCUT2D eigenvalue weighted by Crippen LogP contribution is 2.53. The number of nitrogens with zero attached hydrogens (tertiary/aromatic N) is 3. The lowest BCUT2D eigenvalue weighted by atomic mass is 10.0. The Morgan fingerprint density at radius 1 is 1.09 bits per heavy atom. The molecule has 0 saturated heterocycles. The van der Waals surface area contributed by atoms with Crippen molar-refractivity contribution in [2.45, 2.75) is 51.6 Å². The molecule has 166 valence electrons. The number of rotatable bonds is 4. The van der Waals surface area contributed by atoms with Crippen LogP contribution in [0.15, 0.2) is 36.5 Å². The molecule has 8 heteroatoms. The predicted molar refractivity (Wildman–Crippen MR) is 120 cm³/mol. The zero-order valence-corrected chi connectivity index (χ0v) is 18.8. The number of amides is 1. The van der Waals surface area contributed by atoms with Crippen molar-refractivity contribution >= 4 is 28.7 Å². The van der Waals surface area contributed by atoms with Crippen LogP contribution in [0, 0.1) is 6.92 Å². The van der Waals surface area contributed by atoms with E-state index >= 15 is 0 Å². The fraction of sp³-hybridized carbons (Fsp3) is 0.375. The van der Waals surface area contributed by atoms with Crippen molar-refractivity contribution in [2.75, 3.05) is 12.4 Å². The normalized spacial score (nSPS) is 17.7. The van der Waals surface area contributed by atoms with Crippen molar-refractivity contribution in [1.29, 1.82) is 0 Å². The fourth-order valence-electron chi connectivity index (χ4n) is 3.67. The van der Waals surface area contributed by atoms with Gasteiger partial charge in [0.1, 0.15) is 11.4 Å². The van der Waals surface area contributed by atoms with Gasteiger partial charge in [-0.1, -0.05) is 0 Å². The number of hydrogen-bond donors (Lipinski definition) is 1. The summed E-state index contributed by atoms with van der Waals surface area (Å²) in [6.45, 7) is 7.33. The molecule has 1 aromatic carbocycles. The summed E-state index contributed by atoms with van der Waals surface area (Å²) >= 11 is 0. The molecule has 0 aliphatic heterocycles. The van der Waals surface area contributed by atoms with Crippen molar-refractivity contribution in [3.05, 3.63) is 59.3 Å². The smallest absolute Gasteiger partial charge is 0.412 e. The van der Waals surface area contributed by atoms with Crippen molar-refractivity contribution in [1.82, 2.24) is 15.0 Å². The molecule has 1 N–H and O–H groups in total. The topological polar surface area (TPSA) is 103 Å². The molecule has 8 nitrogen and oxygen atoms in total. The molecule has 1 fully saturated rings. The summed E-state index contributed by atoms with van der Waals surface area (Å²) in [4.78, 5) is 38.4. The van der Waals surface area contributed by atoms with Crippen LogP contribution in [0.2, 0.25) is 0 Å². The third-order valence-corrected chi connectivity index (χ3v) is 5.20. The molecule has 1 amide bonds. The molecule has 0 unspecified atom stereocenters. The quantitative estimate of drug-likeness (QED) is 0.592. The number of nitrogens with one attached hydrogen (secondary N) is 1. The summed E-state index contributed by atoms with van der Waals surface area (Å²) in [5.74, 6) is 0.632. The van der Waals surface area contributed by atoms with Crippen LogP contribution in [0.4, 0.5) is 10.5 Å². The Bertz CT molecular complexity index is 1200. The first kappa shape index (κ1) is 21.7. The van der Waals surface area contributed by atoms with Gasteiger partial charge in [-0.05, 0) is 64.4 Å². The molecule has 2 heterocycles. The van der Waals surface area contributed by atoms with E-state index in [1.54, 1.807) is 51.2 Å². The number of methoxy groups -OCH3 is 1. The van der Waals surface area contributed by atoms with Gasteiger partial charge in [-0.3, -0.25) is 10.3 Å². The Balaban J connectivity index is 1.68. The minimum atomic E-state index is -0.608. The average molecular weight is 434 g/mol. The first-order valence-electron chi connectivity index (χ1n) is 10.5. The van der Waals surface area contributed by atoms with E-state index in [0.29, 0.717) is 22.2 Å². The van der Waals surface area contributed by atoms with Gasteiger partial charge in [0.2, 0.25) is 0 Å². The Kier molecular flexibility index (Phi) is 5.54. The number of aryl methyl sites for hydroxylation is 1. The first-order chi connectivity index (χ1) is 15.1. The number of anilines is 1. The predicted octanol–water partition coefficient (Wildman–Crippen LogP) is 4.74. The number of hydrogen-bond acceptors (Lipinski definition) is 7. The van der Waals surface area contributed by atoms with Crippen LogP contribution in [0.5, 0.6) is 0 Å². The Hall–Kier alpha value is -3.55. The van der Waals surface area contributed by atoms with Crippen LogP contribution in [-0.2, 0) is 9.47 Å². The van der Waals surface area contributed by atoms with Gasteiger partial charge in [0.05, 0.1) is 18.2 Å². The maximum atomic E-state index is 12.5. The largest absolute Gasteiger partial charge is 0.465 e. The van der Waals surface area contributed by atoms with Gasteiger partial charge in [0, 0.05) is 40.5 Å². The molecule has 3 aromatic rings. The standard InChI is InChI=1S/C24H26N4O4/c1-13-8-9-25-21(26-13)17-11-16(17)20-12-18(22(29)31-5)15-7-6-14(10-19(15)28-20)27-23(30)32-24(2,3)4/h6-10,12,16-17H,11H2,1-5H3,(H,27,30)/t16-,17-/m0/s1. The lowest BCUT2D eigenvalue weighted by Crippen LogP contribution is -2.27. The second-order valence-corrected chi connectivity index (χ2v) is 8.95. The van der Waals surface area contributed by atoms with E-state index in [9.17, 15) is 9.59 Å². The third kappa shape index (κ3) is 4.69. The van der Waals surface area contributed by atoms with Gasteiger partial charge in [0.25, 0.3) is 0 Å². The number of ether oxygens (including phenoxy) is 2. The molecule has 1 saturated carbocycles. The van der Waals surface area contributed by atoms with Crippen molar-refractivity contribution in [3.8, 4) is 0 Å².